The van der Waals surface area contributed by atoms with E-state index in [2.05, 4.69) is 62.4 Å². The van der Waals surface area contributed by atoms with Crippen molar-refractivity contribution in [2.75, 3.05) is 20.1 Å². The van der Waals surface area contributed by atoms with Crippen molar-refractivity contribution in [1.29, 1.82) is 0 Å². The van der Waals surface area contributed by atoms with Crippen LogP contribution in [-0.4, -0.2) is 30.0 Å². The molecule has 21 heavy (non-hydrogen) atoms. The fourth-order valence-electron chi connectivity index (χ4n) is 2.34. The minimum atomic E-state index is 0.143. The molecule has 2 N–H and O–H groups in total. The predicted octanol–water partition coefficient (Wildman–Crippen LogP) is 3.54. The monoisotopic (exact) mass is 303 g/mol. The molecule has 0 atom stereocenters. The van der Waals surface area contributed by atoms with Crippen LogP contribution in [0, 0.1) is 12.3 Å². The number of benzene rings is 1. The van der Waals surface area contributed by atoms with Gasteiger partial charge in [0.25, 0.3) is 0 Å². The second-order valence-electron chi connectivity index (χ2n) is 6.55. The van der Waals surface area contributed by atoms with Crippen LogP contribution in [0.25, 0.3) is 10.6 Å². The summed E-state index contributed by atoms with van der Waals surface area (Å²) < 4.78 is 0. The maximum atomic E-state index is 5.80. The van der Waals surface area contributed by atoms with Crippen molar-refractivity contribution < 1.29 is 0 Å². The summed E-state index contributed by atoms with van der Waals surface area (Å²) in [5.74, 6) is 0. The van der Waals surface area contributed by atoms with E-state index in [9.17, 15) is 0 Å². The summed E-state index contributed by atoms with van der Waals surface area (Å²) in [6.07, 6.45) is 0. The van der Waals surface area contributed by atoms with E-state index in [1.54, 1.807) is 11.3 Å². The predicted molar refractivity (Wildman–Crippen MR) is 91.5 cm³/mol. The van der Waals surface area contributed by atoms with Crippen LogP contribution in [-0.2, 0) is 6.54 Å². The molecule has 1 aromatic heterocycles. The third-order valence-electron chi connectivity index (χ3n) is 3.53. The van der Waals surface area contributed by atoms with Crippen LogP contribution in [0.15, 0.2) is 29.6 Å². The van der Waals surface area contributed by atoms with Gasteiger partial charge in [0.15, 0.2) is 0 Å². The van der Waals surface area contributed by atoms with Crippen molar-refractivity contribution in [3.05, 3.63) is 40.9 Å². The molecule has 0 spiro atoms. The zero-order valence-electron chi connectivity index (χ0n) is 13.4. The van der Waals surface area contributed by atoms with Crippen molar-refractivity contribution in [2.45, 2.75) is 27.3 Å². The molecule has 1 aromatic carbocycles. The summed E-state index contributed by atoms with van der Waals surface area (Å²) in [5.41, 5.74) is 9.55. The highest BCUT2D eigenvalue weighted by Crippen LogP contribution is 2.25. The lowest BCUT2D eigenvalue weighted by atomic mass is 9.93. The molecule has 0 saturated carbocycles. The number of aromatic nitrogens is 1. The fourth-order valence-corrected chi connectivity index (χ4v) is 3.15. The molecule has 0 amide bonds. The quantitative estimate of drug-likeness (QED) is 0.887. The second kappa shape index (κ2) is 6.69. The first-order chi connectivity index (χ1) is 9.89. The number of aryl methyl sites for hydroxylation is 1. The average molecular weight is 303 g/mol. The molecule has 0 aliphatic carbocycles. The molecule has 1 heterocycles. The Bertz CT molecular complexity index is 572. The Morgan fingerprint density at radius 2 is 1.90 bits per heavy atom. The first kappa shape index (κ1) is 16.1. The second-order valence-corrected chi connectivity index (χ2v) is 7.41. The Morgan fingerprint density at radius 3 is 2.52 bits per heavy atom. The minimum Gasteiger partial charge on any atom is -0.330 e. The molecule has 0 unspecified atom stereocenters. The Kier molecular flexibility index (Phi) is 5.14. The SMILES string of the molecule is Cc1ccc(-c2nc(CN(C)CC(C)(C)CN)cs2)cc1. The molecule has 0 bridgehead atoms. The number of nitrogens with two attached hydrogens (primary N) is 1. The van der Waals surface area contributed by atoms with Gasteiger partial charge in [-0.25, -0.2) is 4.98 Å². The highest BCUT2D eigenvalue weighted by atomic mass is 32.1. The van der Waals surface area contributed by atoms with E-state index >= 15 is 0 Å². The number of thiazole rings is 1. The number of hydrogen-bond acceptors (Lipinski definition) is 4. The van der Waals surface area contributed by atoms with E-state index in [4.69, 9.17) is 10.7 Å². The summed E-state index contributed by atoms with van der Waals surface area (Å²) in [5, 5.41) is 3.25. The number of hydrogen-bond donors (Lipinski definition) is 1. The Labute approximate surface area is 131 Å². The average Bonchev–Trinajstić information content (AvgIpc) is 2.87. The van der Waals surface area contributed by atoms with Crippen LogP contribution in [0.3, 0.4) is 0 Å². The molecule has 2 rings (SSSR count). The summed E-state index contributed by atoms with van der Waals surface area (Å²) in [6, 6.07) is 8.54. The van der Waals surface area contributed by atoms with Crippen molar-refractivity contribution >= 4 is 11.3 Å². The topological polar surface area (TPSA) is 42.2 Å². The molecule has 0 aliphatic rings. The number of rotatable bonds is 6. The van der Waals surface area contributed by atoms with Gasteiger partial charge < -0.3 is 5.73 Å². The zero-order chi connectivity index (χ0) is 15.5. The van der Waals surface area contributed by atoms with Gasteiger partial charge in [-0.05, 0) is 25.9 Å². The first-order valence-corrected chi connectivity index (χ1v) is 8.18. The lowest BCUT2D eigenvalue weighted by molar-refractivity contribution is 0.208. The van der Waals surface area contributed by atoms with Gasteiger partial charge in [0.05, 0.1) is 5.69 Å². The van der Waals surface area contributed by atoms with Gasteiger partial charge in [0.2, 0.25) is 0 Å². The van der Waals surface area contributed by atoms with Crippen LogP contribution < -0.4 is 5.73 Å². The lowest BCUT2D eigenvalue weighted by Crippen LogP contribution is -2.36. The third-order valence-corrected chi connectivity index (χ3v) is 4.47. The van der Waals surface area contributed by atoms with E-state index in [0.717, 1.165) is 23.8 Å². The van der Waals surface area contributed by atoms with Crippen molar-refractivity contribution in [3.63, 3.8) is 0 Å². The van der Waals surface area contributed by atoms with Gasteiger partial charge in [-0.2, -0.15) is 0 Å². The molecule has 0 fully saturated rings. The highest BCUT2D eigenvalue weighted by Gasteiger charge is 2.18. The summed E-state index contributed by atoms with van der Waals surface area (Å²) in [4.78, 5) is 7.04. The maximum Gasteiger partial charge on any atom is 0.123 e. The first-order valence-electron chi connectivity index (χ1n) is 7.30. The highest BCUT2D eigenvalue weighted by molar-refractivity contribution is 7.13. The Balaban J connectivity index is 2.01. The Hall–Kier alpha value is -1.23. The van der Waals surface area contributed by atoms with Crippen molar-refractivity contribution in [1.82, 2.24) is 9.88 Å². The van der Waals surface area contributed by atoms with Gasteiger partial charge in [-0.1, -0.05) is 43.7 Å². The molecule has 2 aromatic rings. The van der Waals surface area contributed by atoms with Crippen LogP contribution in [0.5, 0.6) is 0 Å². The Morgan fingerprint density at radius 1 is 1.24 bits per heavy atom. The summed E-state index contributed by atoms with van der Waals surface area (Å²) in [7, 11) is 2.13. The van der Waals surface area contributed by atoms with Gasteiger partial charge in [0, 0.05) is 24.0 Å². The summed E-state index contributed by atoms with van der Waals surface area (Å²) >= 11 is 1.71. The molecule has 3 nitrogen and oxygen atoms in total. The standard InChI is InChI=1S/C17H25N3S/c1-13-5-7-14(8-6-13)16-19-15(10-21-16)9-20(4)12-17(2,3)11-18/h5-8,10H,9,11-12,18H2,1-4H3. The van der Waals surface area contributed by atoms with E-state index in [1.165, 1.54) is 11.1 Å². The molecule has 4 heteroatoms. The number of nitrogens with zero attached hydrogens (tertiary/aromatic N) is 2. The van der Waals surface area contributed by atoms with Gasteiger partial charge >= 0.3 is 0 Å². The van der Waals surface area contributed by atoms with E-state index in [0.29, 0.717) is 6.54 Å². The van der Waals surface area contributed by atoms with Gasteiger partial charge in [-0.15, -0.1) is 11.3 Å². The van der Waals surface area contributed by atoms with Crippen molar-refractivity contribution in [2.24, 2.45) is 11.1 Å². The molecule has 114 valence electrons. The lowest BCUT2D eigenvalue weighted by Gasteiger charge is -2.28. The van der Waals surface area contributed by atoms with Gasteiger partial charge in [-0.3, -0.25) is 4.90 Å². The van der Waals surface area contributed by atoms with E-state index in [-0.39, 0.29) is 5.41 Å². The zero-order valence-corrected chi connectivity index (χ0v) is 14.2. The van der Waals surface area contributed by atoms with Crippen LogP contribution in [0.2, 0.25) is 0 Å². The largest absolute Gasteiger partial charge is 0.330 e. The third kappa shape index (κ3) is 4.63. The van der Waals surface area contributed by atoms with Crippen LogP contribution in [0.1, 0.15) is 25.1 Å². The maximum absolute atomic E-state index is 5.80. The smallest absolute Gasteiger partial charge is 0.123 e. The van der Waals surface area contributed by atoms with Crippen LogP contribution >= 0.6 is 11.3 Å². The molecular weight excluding hydrogens is 278 g/mol. The molecular formula is C17H25N3S. The summed E-state index contributed by atoms with van der Waals surface area (Å²) in [6.45, 7) is 9.03. The minimum absolute atomic E-state index is 0.143. The fraction of sp³-hybridized carbons (Fsp3) is 0.471. The molecule has 0 aliphatic heterocycles. The normalized spacial score (nSPS) is 12.1. The van der Waals surface area contributed by atoms with Crippen LogP contribution in [0.4, 0.5) is 0 Å². The molecule has 0 saturated heterocycles. The molecule has 0 radical (unpaired) electrons. The van der Waals surface area contributed by atoms with Crippen molar-refractivity contribution in [3.8, 4) is 10.6 Å². The van der Waals surface area contributed by atoms with E-state index < -0.39 is 0 Å². The van der Waals surface area contributed by atoms with E-state index in [1.807, 2.05) is 0 Å². The van der Waals surface area contributed by atoms with Gasteiger partial charge in [0.1, 0.15) is 5.01 Å².